The summed E-state index contributed by atoms with van der Waals surface area (Å²) in [4.78, 5) is 13.1. The molecule has 1 rings (SSSR count). The summed E-state index contributed by atoms with van der Waals surface area (Å²) in [6.45, 7) is 6.52. The van der Waals surface area contributed by atoms with E-state index in [0.29, 0.717) is 24.3 Å². The fourth-order valence-corrected chi connectivity index (χ4v) is 2.18. The molecule has 4 nitrogen and oxygen atoms in total. The maximum atomic E-state index is 11.3. The molecule has 0 spiro atoms. The summed E-state index contributed by atoms with van der Waals surface area (Å²) in [5.74, 6) is 1.51. The number of amides is 1. The largest absolute Gasteiger partial charge is 0.453 e. The average molecular weight is 200 g/mol. The van der Waals surface area contributed by atoms with Crippen LogP contribution in [0.1, 0.15) is 13.8 Å². The van der Waals surface area contributed by atoms with E-state index in [-0.39, 0.29) is 6.09 Å². The molecule has 0 saturated carbocycles. The van der Waals surface area contributed by atoms with Crippen molar-refractivity contribution >= 4 is 6.09 Å². The summed E-state index contributed by atoms with van der Waals surface area (Å²) in [5, 5.41) is 0. The van der Waals surface area contributed by atoms with Gasteiger partial charge >= 0.3 is 6.09 Å². The molecule has 1 aliphatic rings. The van der Waals surface area contributed by atoms with Gasteiger partial charge in [0.1, 0.15) is 0 Å². The Labute approximate surface area is 85.4 Å². The lowest BCUT2D eigenvalue weighted by atomic mass is 9.86. The molecular formula is C10H20N2O2. The van der Waals surface area contributed by atoms with Crippen LogP contribution in [-0.2, 0) is 4.74 Å². The lowest BCUT2D eigenvalue weighted by Crippen LogP contribution is -2.29. The van der Waals surface area contributed by atoms with Crippen LogP contribution in [0.3, 0.4) is 0 Å². The van der Waals surface area contributed by atoms with Gasteiger partial charge < -0.3 is 15.4 Å². The quantitative estimate of drug-likeness (QED) is 0.721. The molecule has 0 radical (unpaired) electrons. The highest BCUT2D eigenvalue weighted by molar-refractivity contribution is 5.67. The van der Waals surface area contributed by atoms with Gasteiger partial charge in [0.05, 0.1) is 7.11 Å². The average Bonchev–Trinajstić information content (AvgIpc) is 2.60. The van der Waals surface area contributed by atoms with Crippen LogP contribution in [0.5, 0.6) is 0 Å². The smallest absolute Gasteiger partial charge is 0.409 e. The van der Waals surface area contributed by atoms with Crippen LogP contribution >= 0.6 is 0 Å². The number of rotatable bonds is 2. The van der Waals surface area contributed by atoms with E-state index in [1.807, 2.05) is 0 Å². The molecule has 2 N–H and O–H groups in total. The van der Waals surface area contributed by atoms with Crippen molar-refractivity contribution in [1.82, 2.24) is 4.90 Å². The second-order valence-corrected chi connectivity index (χ2v) is 4.28. The second kappa shape index (κ2) is 4.64. The molecule has 82 valence electrons. The molecule has 0 aromatic rings. The van der Waals surface area contributed by atoms with Crippen molar-refractivity contribution in [3.8, 4) is 0 Å². The van der Waals surface area contributed by atoms with E-state index >= 15 is 0 Å². The van der Waals surface area contributed by atoms with Crippen molar-refractivity contribution in [2.24, 2.45) is 23.5 Å². The first-order chi connectivity index (χ1) is 6.60. The number of methoxy groups -OCH3 is 1. The van der Waals surface area contributed by atoms with Crippen molar-refractivity contribution in [3.05, 3.63) is 0 Å². The van der Waals surface area contributed by atoms with Gasteiger partial charge in [-0.3, -0.25) is 0 Å². The Kier molecular flexibility index (Phi) is 3.75. The van der Waals surface area contributed by atoms with E-state index < -0.39 is 0 Å². The summed E-state index contributed by atoms with van der Waals surface area (Å²) in [6, 6.07) is 0. The highest BCUT2D eigenvalue weighted by Crippen LogP contribution is 2.29. The number of carbonyl (C=O) groups excluding carboxylic acids is 1. The van der Waals surface area contributed by atoms with Gasteiger partial charge in [0.15, 0.2) is 0 Å². The third kappa shape index (κ3) is 2.18. The van der Waals surface area contributed by atoms with Crippen LogP contribution in [-0.4, -0.2) is 37.7 Å². The van der Waals surface area contributed by atoms with Gasteiger partial charge in [0, 0.05) is 13.1 Å². The van der Waals surface area contributed by atoms with E-state index in [1.165, 1.54) is 7.11 Å². The first kappa shape index (κ1) is 11.3. The normalized spacial score (nSPS) is 27.1. The standard InChI is InChI=1S/C10H20N2O2/c1-7(2)9-6-12(10(13)14-3)5-8(9)4-11/h7-9H,4-6,11H2,1-3H3. The first-order valence-corrected chi connectivity index (χ1v) is 5.13. The van der Waals surface area contributed by atoms with E-state index in [1.54, 1.807) is 4.90 Å². The predicted molar refractivity (Wildman–Crippen MR) is 54.9 cm³/mol. The van der Waals surface area contributed by atoms with Crippen LogP contribution in [0, 0.1) is 17.8 Å². The number of nitrogens with two attached hydrogens (primary N) is 1. The molecule has 1 amide bonds. The van der Waals surface area contributed by atoms with Gasteiger partial charge in [-0.25, -0.2) is 4.79 Å². The Balaban J connectivity index is 2.60. The van der Waals surface area contributed by atoms with Crippen molar-refractivity contribution < 1.29 is 9.53 Å². The monoisotopic (exact) mass is 200 g/mol. The van der Waals surface area contributed by atoms with Crippen LogP contribution in [0.15, 0.2) is 0 Å². The van der Waals surface area contributed by atoms with Gasteiger partial charge in [-0.2, -0.15) is 0 Å². The number of hydrogen-bond donors (Lipinski definition) is 1. The molecule has 0 aromatic carbocycles. The molecule has 4 heteroatoms. The summed E-state index contributed by atoms with van der Waals surface area (Å²) < 4.78 is 4.70. The zero-order valence-electron chi connectivity index (χ0n) is 9.19. The van der Waals surface area contributed by atoms with E-state index in [9.17, 15) is 4.79 Å². The van der Waals surface area contributed by atoms with Crippen molar-refractivity contribution in [2.75, 3.05) is 26.7 Å². The van der Waals surface area contributed by atoms with Crippen molar-refractivity contribution in [2.45, 2.75) is 13.8 Å². The van der Waals surface area contributed by atoms with Crippen LogP contribution < -0.4 is 5.73 Å². The number of carbonyl (C=O) groups is 1. The molecule has 1 saturated heterocycles. The SMILES string of the molecule is COC(=O)N1CC(CN)C(C(C)C)C1. The number of nitrogens with zero attached hydrogens (tertiary/aromatic N) is 1. The third-order valence-electron chi connectivity index (χ3n) is 3.08. The molecule has 0 bridgehead atoms. The molecule has 0 aromatic heterocycles. The van der Waals surface area contributed by atoms with Crippen LogP contribution in [0.2, 0.25) is 0 Å². The van der Waals surface area contributed by atoms with Crippen molar-refractivity contribution in [3.63, 3.8) is 0 Å². The fourth-order valence-electron chi connectivity index (χ4n) is 2.18. The molecule has 2 atom stereocenters. The maximum Gasteiger partial charge on any atom is 0.409 e. The minimum absolute atomic E-state index is 0.230. The Morgan fingerprint density at radius 2 is 2.21 bits per heavy atom. The number of ether oxygens (including phenoxy) is 1. The lowest BCUT2D eigenvalue weighted by Gasteiger charge is -2.19. The summed E-state index contributed by atoms with van der Waals surface area (Å²) in [7, 11) is 1.42. The molecule has 14 heavy (non-hydrogen) atoms. The second-order valence-electron chi connectivity index (χ2n) is 4.28. The zero-order chi connectivity index (χ0) is 10.7. The van der Waals surface area contributed by atoms with E-state index in [4.69, 9.17) is 10.5 Å². The Hall–Kier alpha value is -0.770. The van der Waals surface area contributed by atoms with E-state index in [0.717, 1.165) is 13.1 Å². The van der Waals surface area contributed by atoms with Gasteiger partial charge in [-0.05, 0) is 24.3 Å². The number of hydrogen-bond acceptors (Lipinski definition) is 3. The lowest BCUT2D eigenvalue weighted by molar-refractivity contribution is 0.130. The molecule has 1 heterocycles. The Morgan fingerprint density at radius 3 is 2.57 bits per heavy atom. The maximum absolute atomic E-state index is 11.3. The number of likely N-dealkylation sites (tertiary alicyclic amines) is 1. The van der Waals surface area contributed by atoms with E-state index in [2.05, 4.69) is 13.8 Å². The van der Waals surface area contributed by atoms with Crippen molar-refractivity contribution in [1.29, 1.82) is 0 Å². The van der Waals surface area contributed by atoms with Gasteiger partial charge in [-0.15, -0.1) is 0 Å². The Bertz CT molecular complexity index is 206. The van der Waals surface area contributed by atoms with Crippen LogP contribution in [0.25, 0.3) is 0 Å². The van der Waals surface area contributed by atoms with Gasteiger partial charge in [-0.1, -0.05) is 13.8 Å². The fraction of sp³-hybridized carbons (Fsp3) is 0.900. The Morgan fingerprint density at radius 1 is 1.57 bits per heavy atom. The zero-order valence-corrected chi connectivity index (χ0v) is 9.19. The highest BCUT2D eigenvalue weighted by atomic mass is 16.5. The summed E-state index contributed by atoms with van der Waals surface area (Å²) in [6.07, 6.45) is -0.230. The highest BCUT2D eigenvalue weighted by Gasteiger charge is 2.36. The topological polar surface area (TPSA) is 55.6 Å². The van der Waals surface area contributed by atoms with Gasteiger partial charge in [0.2, 0.25) is 0 Å². The summed E-state index contributed by atoms with van der Waals surface area (Å²) in [5.41, 5.74) is 5.69. The molecule has 2 unspecified atom stereocenters. The molecule has 0 aliphatic carbocycles. The van der Waals surface area contributed by atoms with Gasteiger partial charge in [0.25, 0.3) is 0 Å². The predicted octanol–water partition coefficient (Wildman–Crippen LogP) is 0.915. The molecule has 1 fully saturated rings. The summed E-state index contributed by atoms with van der Waals surface area (Å²) >= 11 is 0. The minimum atomic E-state index is -0.230. The first-order valence-electron chi connectivity index (χ1n) is 5.13. The molecule has 1 aliphatic heterocycles. The third-order valence-corrected chi connectivity index (χ3v) is 3.08. The molecular weight excluding hydrogens is 180 g/mol. The van der Waals surface area contributed by atoms with Crippen LogP contribution in [0.4, 0.5) is 4.79 Å². The minimum Gasteiger partial charge on any atom is -0.453 e.